The lowest BCUT2D eigenvalue weighted by molar-refractivity contribution is -0.132. The Bertz CT molecular complexity index is 537. The number of amides is 1. The number of anilines is 1. The Labute approximate surface area is 163 Å². The van der Waals surface area contributed by atoms with Crippen molar-refractivity contribution < 1.29 is 4.79 Å². The third kappa shape index (κ3) is 4.81. The molecule has 1 aromatic carbocycles. The zero-order valence-electron chi connectivity index (χ0n) is 14.6. The molecule has 0 saturated carbocycles. The minimum Gasteiger partial charge on any atom is -0.368 e. The number of halogens is 2. The van der Waals surface area contributed by atoms with Crippen molar-refractivity contribution in [3.63, 3.8) is 0 Å². The van der Waals surface area contributed by atoms with Crippen molar-refractivity contribution in [2.75, 3.05) is 31.1 Å². The quantitative estimate of drug-likeness (QED) is 0.867. The number of rotatable bonds is 3. The fraction of sp³-hybridized carbons (Fsp3) is 0.632. The van der Waals surface area contributed by atoms with Gasteiger partial charge in [0.2, 0.25) is 5.91 Å². The molecule has 0 spiro atoms. The number of nitrogens with zero attached hydrogens (tertiary/aromatic N) is 2. The molecular formula is C19H29Cl2N3O. The number of carbonyl (C=O) groups is 1. The molecule has 2 atom stereocenters. The summed E-state index contributed by atoms with van der Waals surface area (Å²) in [5, 5.41) is 3.67. The summed E-state index contributed by atoms with van der Waals surface area (Å²) < 4.78 is 0. The number of fused-ring (bicyclic) bond motifs is 2. The average Bonchev–Trinajstić information content (AvgIpc) is 2.94. The van der Waals surface area contributed by atoms with E-state index in [1.165, 1.54) is 31.4 Å². The SMILES string of the molecule is Cl.Cl.O=C(CC1CC2CCC(C1)N2)N1CCN(c2ccccc2)CC1. The monoisotopic (exact) mass is 385 g/mol. The minimum absolute atomic E-state index is 0. The van der Waals surface area contributed by atoms with Gasteiger partial charge < -0.3 is 15.1 Å². The lowest BCUT2D eigenvalue weighted by atomic mass is 9.89. The summed E-state index contributed by atoms with van der Waals surface area (Å²) >= 11 is 0. The second kappa shape index (κ2) is 9.11. The normalized spacial score (nSPS) is 28.1. The van der Waals surface area contributed by atoms with Crippen LogP contribution in [0.5, 0.6) is 0 Å². The van der Waals surface area contributed by atoms with Crippen LogP contribution in [0.4, 0.5) is 5.69 Å². The number of benzene rings is 1. The highest BCUT2D eigenvalue weighted by Crippen LogP contribution is 2.33. The predicted octanol–water partition coefficient (Wildman–Crippen LogP) is 3.10. The van der Waals surface area contributed by atoms with Gasteiger partial charge in [0.25, 0.3) is 0 Å². The van der Waals surface area contributed by atoms with Gasteiger partial charge in [0.05, 0.1) is 0 Å². The summed E-state index contributed by atoms with van der Waals surface area (Å²) in [4.78, 5) is 17.1. The first-order valence-corrected chi connectivity index (χ1v) is 9.12. The molecule has 2 bridgehead atoms. The van der Waals surface area contributed by atoms with E-state index in [1.54, 1.807) is 0 Å². The van der Waals surface area contributed by atoms with Crippen LogP contribution in [0.25, 0.3) is 0 Å². The van der Waals surface area contributed by atoms with Crippen molar-refractivity contribution in [2.45, 2.75) is 44.2 Å². The van der Waals surface area contributed by atoms with E-state index in [0.29, 0.717) is 23.9 Å². The molecule has 3 saturated heterocycles. The Morgan fingerprint density at radius 1 is 0.960 bits per heavy atom. The Morgan fingerprint density at radius 3 is 2.16 bits per heavy atom. The van der Waals surface area contributed by atoms with E-state index < -0.39 is 0 Å². The van der Waals surface area contributed by atoms with Gasteiger partial charge >= 0.3 is 0 Å². The van der Waals surface area contributed by atoms with Gasteiger partial charge in [-0.2, -0.15) is 0 Å². The molecule has 3 aliphatic heterocycles. The van der Waals surface area contributed by atoms with Gasteiger partial charge in [-0.05, 0) is 43.7 Å². The molecule has 6 heteroatoms. The summed E-state index contributed by atoms with van der Waals surface area (Å²) in [6.07, 6.45) is 5.79. The molecule has 1 amide bonds. The van der Waals surface area contributed by atoms with Gasteiger partial charge in [-0.3, -0.25) is 4.79 Å². The molecule has 3 fully saturated rings. The van der Waals surface area contributed by atoms with E-state index >= 15 is 0 Å². The topological polar surface area (TPSA) is 35.6 Å². The van der Waals surface area contributed by atoms with E-state index in [9.17, 15) is 4.79 Å². The molecular weight excluding hydrogens is 357 g/mol. The molecule has 4 rings (SSSR count). The first-order chi connectivity index (χ1) is 11.3. The maximum Gasteiger partial charge on any atom is 0.222 e. The zero-order valence-corrected chi connectivity index (χ0v) is 16.2. The van der Waals surface area contributed by atoms with E-state index in [1.807, 2.05) is 0 Å². The van der Waals surface area contributed by atoms with Crippen molar-refractivity contribution in [1.29, 1.82) is 0 Å². The molecule has 4 nitrogen and oxygen atoms in total. The maximum atomic E-state index is 12.6. The number of hydrogen-bond donors (Lipinski definition) is 1. The maximum absolute atomic E-state index is 12.6. The first kappa shape index (κ1) is 20.3. The fourth-order valence-electron chi connectivity index (χ4n) is 4.57. The van der Waals surface area contributed by atoms with E-state index in [0.717, 1.165) is 32.6 Å². The first-order valence-electron chi connectivity index (χ1n) is 9.12. The van der Waals surface area contributed by atoms with Crippen molar-refractivity contribution >= 4 is 36.4 Å². The standard InChI is InChI=1S/C19H27N3O.2ClH/c23-19(14-15-12-16-6-7-17(13-15)20-16)22-10-8-21(9-11-22)18-4-2-1-3-5-18;;/h1-5,15-17,20H,6-14H2;2*1H. The van der Waals surface area contributed by atoms with E-state index in [4.69, 9.17) is 0 Å². The molecule has 140 valence electrons. The Morgan fingerprint density at radius 2 is 1.56 bits per heavy atom. The van der Waals surface area contributed by atoms with Gasteiger partial charge in [0, 0.05) is 50.4 Å². The smallest absolute Gasteiger partial charge is 0.222 e. The molecule has 0 aromatic heterocycles. The average molecular weight is 386 g/mol. The van der Waals surface area contributed by atoms with Gasteiger partial charge in [-0.15, -0.1) is 24.8 Å². The molecule has 2 unspecified atom stereocenters. The molecule has 0 radical (unpaired) electrons. The number of para-hydroxylation sites is 1. The Hall–Kier alpha value is -0.970. The van der Waals surface area contributed by atoms with Crippen LogP contribution in [0.1, 0.15) is 32.1 Å². The van der Waals surface area contributed by atoms with Crippen LogP contribution in [-0.2, 0) is 4.79 Å². The van der Waals surface area contributed by atoms with Crippen LogP contribution in [0.2, 0.25) is 0 Å². The number of hydrogen-bond acceptors (Lipinski definition) is 3. The minimum atomic E-state index is 0. The molecule has 0 aliphatic carbocycles. The van der Waals surface area contributed by atoms with Gasteiger partial charge in [-0.25, -0.2) is 0 Å². The van der Waals surface area contributed by atoms with Crippen molar-refractivity contribution in [3.05, 3.63) is 30.3 Å². The second-order valence-electron chi connectivity index (χ2n) is 7.38. The summed E-state index contributed by atoms with van der Waals surface area (Å²) in [5.74, 6) is 0.984. The van der Waals surface area contributed by atoms with Crippen molar-refractivity contribution in [2.24, 2.45) is 5.92 Å². The predicted molar refractivity (Wildman–Crippen MR) is 107 cm³/mol. The van der Waals surface area contributed by atoms with E-state index in [2.05, 4.69) is 45.4 Å². The van der Waals surface area contributed by atoms with Crippen LogP contribution < -0.4 is 10.2 Å². The summed E-state index contributed by atoms with van der Waals surface area (Å²) in [7, 11) is 0. The lowest BCUT2D eigenvalue weighted by Gasteiger charge is -2.37. The van der Waals surface area contributed by atoms with E-state index in [-0.39, 0.29) is 24.8 Å². The van der Waals surface area contributed by atoms with Crippen LogP contribution in [0, 0.1) is 5.92 Å². The molecule has 3 heterocycles. The van der Waals surface area contributed by atoms with Crippen LogP contribution in [0.15, 0.2) is 30.3 Å². The molecule has 3 aliphatic rings. The molecule has 1 N–H and O–H groups in total. The summed E-state index contributed by atoms with van der Waals surface area (Å²) in [6, 6.07) is 11.9. The Balaban J connectivity index is 0.00000113. The third-order valence-corrected chi connectivity index (χ3v) is 5.79. The number of piperazine rings is 1. The number of nitrogens with one attached hydrogen (secondary N) is 1. The fourth-order valence-corrected chi connectivity index (χ4v) is 4.57. The largest absolute Gasteiger partial charge is 0.368 e. The van der Waals surface area contributed by atoms with Gasteiger partial charge in [-0.1, -0.05) is 18.2 Å². The number of piperidine rings is 1. The van der Waals surface area contributed by atoms with Crippen molar-refractivity contribution in [3.8, 4) is 0 Å². The number of carbonyl (C=O) groups excluding carboxylic acids is 1. The van der Waals surface area contributed by atoms with Gasteiger partial charge in [0.1, 0.15) is 0 Å². The van der Waals surface area contributed by atoms with Crippen LogP contribution in [0.3, 0.4) is 0 Å². The van der Waals surface area contributed by atoms with Gasteiger partial charge in [0.15, 0.2) is 0 Å². The second-order valence-corrected chi connectivity index (χ2v) is 7.38. The van der Waals surface area contributed by atoms with Crippen LogP contribution >= 0.6 is 24.8 Å². The Kier molecular flexibility index (Phi) is 7.41. The lowest BCUT2D eigenvalue weighted by Crippen LogP contribution is -2.49. The summed E-state index contributed by atoms with van der Waals surface area (Å²) in [6.45, 7) is 3.64. The highest BCUT2D eigenvalue weighted by molar-refractivity contribution is 5.85. The zero-order chi connectivity index (χ0) is 15.6. The van der Waals surface area contributed by atoms with Crippen molar-refractivity contribution in [1.82, 2.24) is 10.2 Å². The molecule has 1 aromatic rings. The third-order valence-electron chi connectivity index (χ3n) is 5.79. The summed E-state index contributed by atoms with van der Waals surface area (Å²) in [5.41, 5.74) is 1.27. The van der Waals surface area contributed by atoms with Crippen LogP contribution in [-0.4, -0.2) is 49.1 Å². The highest BCUT2D eigenvalue weighted by Gasteiger charge is 2.35. The highest BCUT2D eigenvalue weighted by atomic mass is 35.5. The molecule has 25 heavy (non-hydrogen) atoms.